The predicted molar refractivity (Wildman–Crippen MR) is 102 cm³/mol. The van der Waals surface area contributed by atoms with Gasteiger partial charge in [-0.25, -0.2) is 0 Å². The third-order valence-corrected chi connectivity index (χ3v) is 6.55. The van der Waals surface area contributed by atoms with Gasteiger partial charge in [0, 0.05) is 50.4 Å². The number of nitrogens with zero attached hydrogens (tertiary/aromatic N) is 2. The van der Waals surface area contributed by atoms with Crippen molar-refractivity contribution in [1.29, 1.82) is 0 Å². The minimum atomic E-state index is -0.405. The molecule has 1 saturated carbocycles. The van der Waals surface area contributed by atoms with Crippen molar-refractivity contribution in [3.8, 4) is 0 Å². The maximum atomic E-state index is 13.5. The van der Waals surface area contributed by atoms with Crippen LogP contribution in [0.4, 0.5) is 0 Å². The van der Waals surface area contributed by atoms with E-state index in [0.29, 0.717) is 19.1 Å². The molecule has 25 heavy (non-hydrogen) atoms. The Morgan fingerprint density at radius 3 is 2.32 bits per heavy atom. The maximum Gasteiger partial charge on any atom is 0.233 e. The molecule has 2 heterocycles. The van der Waals surface area contributed by atoms with E-state index in [1.165, 1.54) is 19.4 Å². The summed E-state index contributed by atoms with van der Waals surface area (Å²) in [5.41, 5.74) is 0.738. The number of carbonyl (C=O) groups is 1. The number of piperazine rings is 1. The van der Waals surface area contributed by atoms with Gasteiger partial charge in [0.05, 0.1) is 5.41 Å². The molecule has 1 aromatic carbocycles. The molecule has 0 spiro atoms. The van der Waals surface area contributed by atoms with Crippen molar-refractivity contribution in [1.82, 2.24) is 9.80 Å². The average molecular weight is 407 g/mol. The Kier molecular flexibility index (Phi) is 5.16. The van der Waals surface area contributed by atoms with E-state index in [2.05, 4.69) is 37.9 Å². The molecule has 0 unspecified atom stereocenters. The van der Waals surface area contributed by atoms with Crippen LogP contribution in [0, 0.1) is 5.92 Å². The first kappa shape index (κ1) is 17.5. The molecule has 0 bridgehead atoms. The summed E-state index contributed by atoms with van der Waals surface area (Å²) >= 11 is 3.51. The van der Waals surface area contributed by atoms with Crippen LogP contribution in [0.3, 0.4) is 0 Å². The van der Waals surface area contributed by atoms with E-state index < -0.39 is 5.41 Å². The zero-order valence-corrected chi connectivity index (χ0v) is 16.3. The number of amides is 1. The highest BCUT2D eigenvalue weighted by Gasteiger charge is 2.44. The zero-order chi connectivity index (χ0) is 17.3. The van der Waals surface area contributed by atoms with Gasteiger partial charge < -0.3 is 9.64 Å². The molecule has 5 heteroatoms. The second-order valence-electron chi connectivity index (χ2n) is 7.74. The SMILES string of the molecule is O=C(N1CCN(CC2CC2)CC1)C1(c2ccc(Br)cc2)CCOCC1. The highest BCUT2D eigenvalue weighted by Crippen LogP contribution is 2.38. The van der Waals surface area contributed by atoms with Crippen LogP contribution in [-0.4, -0.2) is 61.6 Å². The molecule has 1 aliphatic carbocycles. The van der Waals surface area contributed by atoms with Crippen LogP contribution in [0.1, 0.15) is 31.2 Å². The minimum Gasteiger partial charge on any atom is -0.381 e. The highest BCUT2D eigenvalue weighted by atomic mass is 79.9. The highest BCUT2D eigenvalue weighted by molar-refractivity contribution is 9.10. The lowest BCUT2D eigenvalue weighted by molar-refractivity contribution is -0.143. The topological polar surface area (TPSA) is 32.8 Å². The van der Waals surface area contributed by atoms with Crippen molar-refractivity contribution < 1.29 is 9.53 Å². The maximum absolute atomic E-state index is 13.5. The molecule has 0 radical (unpaired) electrons. The summed E-state index contributed by atoms with van der Waals surface area (Å²) < 4.78 is 6.64. The van der Waals surface area contributed by atoms with Gasteiger partial charge in [0.1, 0.15) is 0 Å². The Morgan fingerprint density at radius 1 is 1.08 bits per heavy atom. The Balaban J connectivity index is 1.49. The van der Waals surface area contributed by atoms with Crippen LogP contribution in [0.5, 0.6) is 0 Å². The number of hydrogen-bond acceptors (Lipinski definition) is 3. The van der Waals surface area contributed by atoms with Crippen molar-refractivity contribution in [2.45, 2.75) is 31.1 Å². The van der Waals surface area contributed by atoms with Crippen LogP contribution in [0.25, 0.3) is 0 Å². The minimum absolute atomic E-state index is 0.309. The summed E-state index contributed by atoms with van der Waals surface area (Å²) in [6, 6.07) is 8.31. The molecular weight excluding hydrogens is 380 g/mol. The van der Waals surface area contributed by atoms with Crippen LogP contribution < -0.4 is 0 Å². The number of hydrogen-bond donors (Lipinski definition) is 0. The van der Waals surface area contributed by atoms with Crippen molar-refractivity contribution in [2.24, 2.45) is 5.92 Å². The molecule has 4 rings (SSSR count). The second-order valence-corrected chi connectivity index (χ2v) is 8.65. The first-order chi connectivity index (χ1) is 12.2. The van der Waals surface area contributed by atoms with E-state index in [0.717, 1.165) is 55.0 Å². The van der Waals surface area contributed by atoms with Gasteiger partial charge in [-0.3, -0.25) is 9.69 Å². The standard InChI is InChI=1S/C20H27BrN2O2/c21-18-5-3-17(4-6-18)20(7-13-25-14-8-20)19(24)23-11-9-22(10-12-23)15-16-1-2-16/h3-6,16H,1-2,7-15H2. The van der Waals surface area contributed by atoms with Crippen LogP contribution in [0.15, 0.2) is 28.7 Å². The van der Waals surface area contributed by atoms with Crippen molar-refractivity contribution in [2.75, 3.05) is 45.9 Å². The lowest BCUT2D eigenvalue weighted by Gasteiger charge is -2.43. The van der Waals surface area contributed by atoms with Gasteiger partial charge >= 0.3 is 0 Å². The molecule has 2 aliphatic heterocycles. The smallest absolute Gasteiger partial charge is 0.233 e. The van der Waals surface area contributed by atoms with Gasteiger partial charge in [-0.15, -0.1) is 0 Å². The van der Waals surface area contributed by atoms with E-state index in [1.54, 1.807) is 0 Å². The second kappa shape index (κ2) is 7.37. The van der Waals surface area contributed by atoms with Crippen LogP contribution in [0.2, 0.25) is 0 Å². The number of ether oxygens (including phenoxy) is 1. The van der Waals surface area contributed by atoms with E-state index in [1.807, 2.05) is 12.1 Å². The van der Waals surface area contributed by atoms with Gasteiger partial charge in [0.15, 0.2) is 0 Å². The van der Waals surface area contributed by atoms with Crippen molar-refractivity contribution in [3.63, 3.8) is 0 Å². The fourth-order valence-corrected chi connectivity index (χ4v) is 4.48. The van der Waals surface area contributed by atoms with Gasteiger partial charge in [-0.1, -0.05) is 28.1 Å². The molecule has 0 N–H and O–H groups in total. The van der Waals surface area contributed by atoms with Crippen LogP contribution >= 0.6 is 15.9 Å². The Morgan fingerprint density at radius 2 is 1.72 bits per heavy atom. The van der Waals surface area contributed by atoms with Gasteiger partial charge in [0.25, 0.3) is 0 Å². The van der Waals surface area contributed by atoms with Crippen LogP contribution in [-0.2, 0) is 14.9 Å². The normalized spacial score (nSPS) is 24.3. The molecule has 3 fully saturated rings. The summed E-state index contributed by atoms with van der Waals surface area (Å²) in [5, 5.41) is 0. The Bertz CT molecular complexity index is 601. The zero-order valence-electron chi connectivity index (χ0n) is 14.8. The van der Waals surface area contributed by atoms with Crippen molar-refractivity contribution in [3.05, 3.63) is 34.3 Å². The fraction of sp³-hybridized carbons (Fsp3) is 0.650. The molecule has 1 amide bonds. The summed E-state index contributed by atoms with van der Waals surface area (Å²) in [5.74, 6) is 1.23. The Hall–Kier alpha value is -0.910. The molecule has 0 aromatic heterocycles. The number of rotatable bonds is 4. The van der Waals surface area contributed by atoms with Gasteiger partial charge in [0.2, 0.25) is 5.91 Å². The first-order valence-corrected chi connectivity index (χ1v) is 10.3. The monoisotopic (exact) mass is 406 g/mol. The quantitative estimate of drug-likeness (QED) is 0.769. The molecule has 2 saturated heterocycles. The number of halogens is 1. The summed E-state index contributed by atoms with van der Waals surface area (Å²) in [6.45, 7) is 6.35. The molecular formula is C20H27BrN2O2. The molecule has 3 aliphatic rings. The van der Waals surface area contributed by atoms with E-state index >= 15 is 0 Å². The summed E-state index contributed by atoms with van der Waals surface area (Å²) in [7, 11) is 0. The fourth-order valence-electron chi connectivity index (χ4n) is 4.22. The molecule has 1 aromatic rings. The first-order valence-electron chi connectivity index (χ1n) is 9.53. The van der Waals surface area contributed by atoms with Gasteiger partial charge in [-0.05, 0) is 49.3 Å². The number of carbonyl (C=O) groups excluding carboxylic acids is 1. The largest absolute Gasteiger partial charge is 0.381 e. The molecule has 4 nitrogen and oxygen atoms in total. The van der Waals surface area contributed by atoms with E-state index in [4.69, 9.17) is 4.74 Å². The molecule has 136 valence electrons. The Labute approximate surface area is 158 Å². The predicted octanol–water partition coefficient (Wildman–Crippen LogP) is 3.05. The van der Waals surface area contributed by atoms with Gasteiger partial charge in [-0.2, -0.15) is 0 Å². The summed E-state index contributed by atoms with van der Waals surface area (Å²) in [6.07, 6.45) is 4.36. The lowest BCUT2D eigenvalue weighted by Crippen LogP contribution is -2.56. The number of benzene rings is 1. The van der Waals surface area contributed by atoms with E-state index in [9.17, 15) is 4.79 Å². The van der Waals surface area contributed by atoms with Crippen molar-refractivity contribution >= 4 is 21.8 Å². The third kappa shape index (κ3) is 3.79. The molecule has 0 atom stereocenters. The summed E-state index contributed by atoms with van der Waals surface area (Å²) in [4.78, 5) is 18.2. The lowest BCUT2D eigenvalue weighted by atomic mass is 9.73. The van der Waals surface area contributed by atoms with E-state index in [-0.39, 0.29) is 0 Å². The third-order valence-electron chi connectivity index (χ3n) is 6.03. The average Bonchev–Trinajstić information content (AvgIpc) is 3.47.